The summed E-state index contributed by atoms with van der Waals surface area (Å²) in [5.74, 6) is -0.515. The summed E-state index contributed by atoms with van der Waals surface area (Å²) in [6.07, 6.45) is 2.94. The summed E-state index contributed by atoms with van der Waals surface area (Å²) < 4.78 is 20.2. The summed E-state index contributed by atoms with van der Waals surface area (Å²) in [6.45, 7) is 4.83. The molecule has 178 valence electrons. The van der Waals surface area contributed by atoms with Crippen LogP contribution < -0.4 is 9.47 Å². The lowest BCUT2D eigenvalue weighted by atomic mass is 10.0. The Bertz CT molecular complexity index is 1220. The minimum absolute atomic E-state index is 0.217. The minimum atomic E-state index is -0.521. The zero-order valence-electron chi connectivity index (χ0n) is 19.4. The molecule has 0 radical (unpaired) electrons. The van der Waals surface area contributed by atoms with Crippen molar-refractivity contribution in [3.05, 3.63) is 102 Å². The lowest BCUT2D eigenvalue weighted by molar-refractivity contribution is -0.145. The Morgan fingerprint density at radius 2 is 1.40 bits per heavy atom. The Morgan fingerprint density at radius 1 is 0.829 bits per heavy atom. The van der Waals surface area contributed by atoms with Crippen LogP contribution in [-0.4, -0.2) is 31.8 Å². The van der Waals surface area contributed by atoms with Crippen molar-refractivity contribution < 1.29 is 33.3 Å². The highest BCUT2D eigenvalue weighted by Crippen LogP contribution is 2.23. The number of ether oxygens (including phenoxy) is 4. The zero-order valence-corrected chi connectivity index (χ0v) is 19.4. The highest BCUT2D eigenvalue weighted by Gasteiger charge is 2.07. The fourth-order valence-electron chi connectivity index (χ4n) is 2.90. The van der Waals surface area contributed by atoms with E-state index >= 15 is 0 Å². The number of methoxy groups -OCH3 is 1. The standard InChI is InChI=1S/C28H24O7/c1-19(2)27(30)34-18-33-24-13-4-20(5-14-24)6-17-26(29)35-25-15-11-22(12-16-25)21-7-9-23(10-8-21)28(31)32-3/h4-17H,1,18H2,2-3H3. The summed E-state index contributed by atoms with van der Waals surface area (Å²) in [4.78, 5) is 35.0. The fraction of sp³-hybridized carbons (Fsp3) is 0.107. The van der Waals surface area contributed by atoms with E-state index in [2.05, 4.69) is 6.58 Å². The number of rotatable bonds is 9. The maximum Gasteiger partial charge on any atom is 0.337 e. The van der Waals surface area contributed by atoms with Gasteiger partial charge in [-0.25, -0.2) is 14.4 Å². The molecule has 0 N–H and O–H groups in total. The molecule has 0 aliphatic heterocycles. The van der Waals surface area contributed by atoms with Crippen LogP contribution in [0.25, 0.3) is 17.2 Å². The third-order valence-corrected chi connectivity index (χ3v) is 4.77. The topological polar surface area (TPSA) is 88.1 Å². The molecule has 0 aliphatic rings. The normalized spacial score (nSPS) is 10.5. The highest BCUT2D eigenvalue weighted by atomic mass is 16.7. The Balaban J connectivity index is 1.51. The first-order valence-corrected chi connectivity index (χ1v) is 10.6. The summed E-state index contributed by atoms with van der Waals surface area (Å²) in [5, 5.41) is 0. The van der Waals surface area contributed by atoms with Crippen molar-refractivity contribution >= 4 is 24.0 Å². The molecule has 0 unspecified atom stereocenters. The number of benzene rings is 3. The van der Waals surface area contributed by atoms with Crippen molar-refractivity contribution in [1.82, 2.24) is 0 Å². The van der Waals surface area contributed by atoms with E-state index in [1.54, 1.807) is 61.5 Å². The van der Waals surface area contributed by atoms with Gasteiger partial charge in [0.2, 0.25) is 6.79 Å². The molecule has 0 atom stereocenters. The van der Waals surface area contributed by atoms with E-state index in [-0.39, 0.29) is 6.79 Å². The molecule has 0 fully saturated rings. The molecule has 0 saturated heterocycles. The van der Waals surface area contributed by atoms with Gasteiger partial charge in [0.25, 0.3) is 0 Å². The lowest BCUT2D eigenvalue weighted by Crippen LogP contribution is -2.10. The van der Waals surface area contributed by atoms with Gasteiger partial charge in [0.1, 0.15) is 11.5 Å². The molecule has 35 heavy (non-hydrogen) atoms. The summed E-state index contributed by atoms with van der Waals surface area (Å²) in [7, 11) is 1.34. The van der Waals surface area contributed by atoms with Gasteiger partial charge in [-0.3, -0.25) is 0 Å². The molecule has 0 amide bonds. The van der Waals surface area contributed by atoms with Crippen LogP contribution in [-0.2, 0) is 19.1 Å². The Morgan fingerprint density at radius 3 is 1.97 bits per heavy atom. The average molecular weight is 472 g/mol. The minimum Gasteiger partial charge on any atom is -0.465 e. The van der Waals surface area contributed by atoms with E-state index in [0.717, 1.165) is 16.7 Å². The molecule has 0 saturated carbocycles. The van der Waals surface area contributed by atoms with Crippen LogP contribution in [0.15, 0.2) is 91.0 Å². The van der Waals surface area contributed by atoms with Gasteiger partial charge in [-0.15, -0.1) is 0 Å². The number of carbonyl (C=O) groups excluding carboxylic acids is 3. The summed E-state index contributed by atoms with van der Waals surface area (Å²) >= 11 is 0. The maximum absolute atomic E-state index is 12.2. The van der Waals surface area contributed by atoms with Crippen LogP contribution in [0.3, 0.4) is 0 Å². The van der Waals surface area contributed by atoms with Crippen LogP contribution in [0.2, 0.25) is 0 Å². The van der Waals surface area contributed by atoms with Gasteiger partial charge in [-0.2, -0.15) is 0 Å². The van der Waals surface area contributed by atoms with Crippen LogP contribution in [0, 0.1) is 0 Å². The smallest absolute Gasteiger partial charge is 0.337 e. The van der Waals surface area contributed by atoms with E-state index in [0.29, 0.717) is 22.6 Å². The van der Waals surface area contributed by atoms with Crippen LogP contribution >= 0.6 is 0 Å². The van der Waals surface area contributed by atoms with Crippen molar-refractivity contribution in [3.63, 3.8) is 0 Å². The molecular weight excluding hydrogens is 448 g/mol. The van der Waals surface area contributed by atoms with Crippen molar-refractivity contribution in [2.75, 3.05) is 13.9 Å². The molecule has 3 aromatic carbocycles. The number of carbonyl (C=O) groups is 3. The van der Waals surface area contributed by atoms with E-state index in [1.807, 2.05) is 24.3 Å². The van der Waals surface area contributed by atoms with E-state index in [9.17, 15) is 14.4 Å². The van der Waals surface area contributed by atoms with Crippen LogP contribution in [0.1, 0.15) is 22.8 Å². The zero-order chi connectivity index (χ0) is 25.2. The predicted octanol–water partition coefficient (Wildman–Crippen LogP) is 5.21. The molecule has 0 aliphatic carbocycles. The second-order valence-electron chi connectivity index (χ2n) is 7.39. The van der Waals surface area contributed by atoms with Crippen LogP contribution in [0.4, 0.5) is 0 Å². The highest BCUT2D eigenvalue weighted by molar-refractivity contribution is 5.90. The predicted molar refractivity (Wildman–Crippen MR) is 131 cm³/mol. The van der Waals surface area contributed by atoms with Crippen LogP contribution in [0.5, 0.6) is 11.5 Å². The first-order chi connectivity index (χ1) is 16.9. The fourth-order valence-corrected chi connectivity index (χ4v) is 2.90. The Labute approximate surface area is 203 Å². The molecule has 0 heterocycles. The number of esters is 3. The van der Waals surface area contributed by atoms with Gasteiger partial charge in [0, 0.05) is 11.6 Å². The molecule has 7 heteroatoms. The van der Waals surface area contributed by atoms with Gasteiger partial charge in [-0.05, 0) is 66.1 Å². The number of hydrogen-bond donors (Lipinski definition) is 0. The van der Waals surface area contributed by atoms with Gasteiger partial charge >= 0.3 is 17.9 Å². The number of hydrogen-bond acceptors (Lipinski definition) is 7. The van der Waals surface area contributed by atoms with Crippen molar-refractivity contribution in [3.8, 4) is 22.6 Å². The first kappa shape index (κ1) is 25.0. The summed E-state index contributed by atoms with van der Waals surface area (Å²) in [6, 6.07) is 20.9. The summed E-state index contributed by atoms with van der Waals surface area (Å²) in [5.41, 5.74) is 3.35. The van der Waals surface area contributed by atoms with E-state index in [1.165, 1.54) is 13.2 Å². The van der Waals surface area contributed by atoms with Crippen molar-refractivity contribution in [2.45, 2.75) is 6.92 Å². The average Bonchev–Trinajstić information content (AvgIpc) is 2.88. The van der Waals surface area contributed by atoms with Gasteiger partial charge in [-0.1, -0.05) is 43.0 Å². The van der Waals surface area contributed by atoms with Crippen molar-refractivity contribution in [2.24, 2.45) is 0 Å². The monoisotopic (exact) mass is 472 g/mol. The molecule has 0 spiro atoms. The first-order valence-electron chi connectivity index (χ1n) is 10.6. The SMILES string of the molecule is C=C(C)C(=O)OCOc1ccc(C=CC(=O)Oc2ccc(-c3ccc(C(=O)OC)cc3)cc2)cc1. The molecule has 3 rings (SSSR count). The third kappa shape index (κ3) is 7.43. The second-order valence-corrected chi connectivity index (χ2v) is 7.39. The molecular formula is C28H24O7. The second kappa shape index (κ2) is 12.0. The molecule has 0 aromatic heterocycles. The van der Waals surface area contributed by atoms with Crippen molar-refractivity contribution in [1.29, 1.82) is 0 Å². The molecule has 7 nitrogen and oxygen atoms in total. The van der Waals surface area contributed by atoms with Gasteiger partial charge in [0.05, 0.1) is 12.7 Å². The van der Waals surface area contributed by atoms with E-state index in [4.69, 9.17) is 18.9 Å². The quantitative estimate of drug-likeness (QED) is 0.183. The maximum atomic E-state index is 12.2. The van der Waals surface area contributed by atoms with Gasteiger partial charge in [0.15, 0.2) is 0 Å². The van der Waals surface area contributed by atoms with Gasteiger partial charge < -0.3 is 18.9 Å². The third-order valence-electron chi connectivity index (χ3n) is 4.77. The Kier molecular flexibility index (Phi) is 8.56. The Hall–Kier alpha value is -4.65. The van der Waals surface area contributed by atoms with E-state index < -0.39 is 17.9 Å². The molecule has 0 bridgehead atoms. The largest absolute Gasteiger partial charge is 0.465 e. The lowest BCUT2D eigenvalue weighted by Gasteiger charge is -2.07. The molecule has 3 aromatic rings.